The fraction of sp³-hybridized carbons (Fsp3) is 0.417. The molecule has 1 rings (SSSR count). The Labute approximate surface area is 85.1 Å². The summed E-state index contributed by atoms with van der Waals surface area (Å²) in [4.78, 5) is 11.9. The maximum atomic E-state index is 11.9. The van der Waals surface area contributed by atoms with Gasteiger partial charge in [-0.3, -0.25) is 4.79 Å². The Morgan fingerprint density at radius 3 is 2.29 bits per heavy atom. The summed E-state index contributed by atoms with van der Waals surface area (Å²) in [6.45, 7) is 4.47. The molecule has 0 saturated carbocycles. The Morgan fingerprint density at radius 1 is 1.29 bits per heavy atom. The van der Waals surface area contributed by atoms with E-state index in [0.717, 1.165) is 5.56 Å². The summed E-state index contributed by atoms with van der Waals surface area (Å²) in [5, 5.41) is 0. The van der Waals surface area contributed by atoms with Gasteiger partial charge in [0.2, 0.25) is 0 Å². The van der Waals surface area contributed by atoms with Crippen molar-refractivity contribution in [1.82, 2.24) is 0 Å². The molecule has 0 aromatic heterocycles. The van der Waals surface area contributed by atoms with Gasteiger partial charge in [0.25, 0.3) is 0 Å². The highest BCUT2D eigenvalue weighted by molar-refractivity contribution is 5.98. The van der Waals surface area contributed by atoms with Crippen LogP contribution in [0.1, 0.15) is 24.2 Å². The summed E-state index contributed by atoms with van der Waals surface area (Å²) in [6, 6.07) is 9.34. The Kier molecular flexibility index (Phi) is 3.84. The summed E-state index contributed by atoms with van der Waals surface area (Å²) in [5.41, 5.74) is 6.35. The number of nitrogens with two attached hydrogens (primary N) is 1. The first kappa shape index (κ1) is 10.9. The van der Waals surface area contributed by atoms with Gasteiger partial charge in [0.1, 0.15) is 0 Å². The molecule has 2 N–H and O–H groups in total. The van der Waals surface area contributed by atoms with Crippen molar-refractivity contribution in [2.45, 2.75) is 13.8 Å². The maximum absolute atomic E-state index is 11.9. The molecule has 76 valence electrons. The smallest absolute Gasteiger partial charge is 0.167 e. The van der Waals surface area contributed by atoms with E-state index in [-0.39, 0.29) is 11.7 Å². The van der Waals surface area contributed by atoms with Crippen molar-refractivity contribution in [3.63, 3.8) is 0 Å². The van der Waals surface area contributed by atoms with E-state index in [2.05, 4.69) is 0 Å². The molecule has 2 heteroatoms. The van der Waals surface area contributed by atoms with Crippen LogP contribution in [0.5, 0.6) is 0 Å². The molecule has 1 atom stereocenters. The van der Waals surface area contributed by atoms with E-state index >= 15 is 0 Å². The third-order valence-corrected chi connectivity index (χ3v) is 2.45. The molecule has 1 aromatic carbocycles. The van der Waals surface area contributed by atoms with Crippen molar-refractivity contribution in [3.8, 4) is 0 Å². The zero-order chi connectivity index (χ0) is 10.6. The fourth-order valence-corrected chi connectivity index (χ4v) is 1.50. The lowest BCUT2D eigenvalue weighted by Gasteiger charge is -2.17. The van der Waals surface area contributed by atoms with Crippen LogP contribution in [-0.4, -0.2) is 12.3 Å². The van der Waals surface area contributed by atoms with Crippen molar-refractivity contribution >= 4 is 5.78 Å². The lowest BCUT2D eigenvalue weighted by atomic mass is 9.88. The average Bonchev–Trinajstić information content (AvgIpc) is 2.19. The lowest BCUT2D eigenvalue weighted by Crippen LogP contribution is -2.28. The second kappa shape index (κ2) is 4.91. The average molecular weight is 191 g/mol. The number of Topliss-reactive ketones (excluding diaryl/α,β-unsaturated/α-hetero) is 1. The van der Waals surface area contributed by atoms with Gasteiger partial charge in [0.15, 0.2) is 5.78 Å². The molecular weight excluding hydrogens is 174 g/mol. The van der Waals surface area contributed by atoms with E-state index in [9.17, 15) is 4.79 Å². The van der Waals surface area contributed by atoms with E-state index in [4.69, 9.17) is 5.73 Å². The third-order valence-electron chi connectivity index (χ3n) is 2.45. The second-order valence-corrected chi connectivity index (χ2v) is 3.82. The fourth-order valence-electron chi connectivity index (χ4n) is 1.50. The molecule has 1 unspecified atom stereocenters. The molecule has 14 heavy (non-hydrogen) atoms. The van der Waals surface area contributed by atoms with E-state index in [0.29, 0.717) is 12.5 Å². The number of carbonyl (C=O) groups excluding carboxylic acids is 1. The van der Waals surface area contributed by atoms with Crippen LogP contribution in [0, 0.1) is 11.8 Å². The zero-order valence-electron chi connectivity index (χ0n) is 8.73. The molecule has 0 amide bonds. The van der Waals surface area contributed by atoms with Gasteiger partial charge in [-0.25, -0.2) is 0 Å². The summed E-state index contributed by atoms with van der Waals surface area (Å²) >= 11 is 0. The first-order valence-electron chi connectivity index (χ1n) is 4.96. The predicted octanol–water partition coefficient (Wildman–Crippen LogP) is 2.10. The summed E-state index contributed by atoms with van der Waals surface area (Å²) in [7, 11) is 0. The molecule has 0 spiro atoms. The molecular formula is C12H17NO. The molecule has 0 fully saturated rings. The normalized spacial score (nSPS) is 12.9. The van der Waals surface area contributed by atoms with Crippen LogP contribution >= 0.6 is 0 Å². The van der Waals surface area contributed by atoms with Crippen LogP contribution in [0.2, 0.25) is 0 Å². The van der Waals surface area contributed by atoms with Crippen LogP contribution in [-0.2, 0) is 0 Å². The van der Waals surface area contributed by atoms with E-state index in [1.807, 2.05) is 44.2 Å². The van der Waals surface area contributed by atoms with Gasteiger partial charge >= 0.3 is 0 Å². The monoisotopic (exact) mass is 191 g/mol. The van der Waals surface area contributed by atoms with E-state index in [1.165, 1.54) is 0 Å². The minimum absolute atomic E-state index is 0.0580. The van der Waals surface area contributed by atoms with Gasteiger partial charge in [0, 0.05) is 18.0 Å². The molecule has 0 aliphatic carbocycles. The largest absolute Gasteiger partial charge is 0.330 e. The van der Waals surface area contributed by atoms with E-state index < -0.39 is 0 Å². The van der Waals surface area contributed by atoms with Crippen LogP contribution in [0.15, 0.2) is 30.3 Å². The Hall–Kier alpha value is -1.15. The van der Waals surface area contributed by atoms with Gasteiger partial charge in [-0.1, -0.05) is 44.2 Å². The SMILES string of the molecule is CC(C)C(CN)C(=O)c1ccccc1. The number of hydrogen-bond donors (Lipinski definition) is 1. The van der Waals surface area contributed by atoms with Crippen molar-refractivity contribution in [2.24, 2.45) is 17.6 Å². The lowest BCUT2D eigenvalue weighted by molar-refractivity contribution is 0.0892. The highest BCUT2D eigenvalue weighted by atomic mass is 16.1. The van der Waals surface area contributed by atoms with Crippen LogP contribution in [0.3, 0.4) is 0 Å². The van der Waals surface area contributed by atoms with Gasteiger partial charge in [0.05, 0.1) is 0 Å². The summed E-state index contributed by atoms with van der Waals surface area (Å²) in [5.74, 6) is 0.396. The minimum atomic E-state index is -0.0580. The van der Waals surface area contributed by atoms with Crippen molar-refractivity contribution < 1.29 is 4.79 Å². The van der Waals surface area contributed by atoms with Crippen molar-refractivity contribution in [2.75, 3.05) is 6.54 Å². The molecule has 2 nitrogen and oxygen atoms in total. The molecule has 0 saturated heterocycles. The molecule has 0 radical (unpaired) electrons. The van der Waals surface area contributed by atoms with Crippen LogP contribution in [0.25, 0.3) is 0 Å². The first-order valence-corrected chi connectivity index (χ1v) is 4.96. The second-order valence-electron chi connectivity index (χ2n) is 3.82. The van der Waals surface area contributed by atoms with Gasteiger partial charge < -0.3 is 5.73 Å². The Morgan fingerprint density at radius 2 is 1.86 bits per heavy atom. The van der Waals surface area contributed by atoms with Crippen molar-refractivity contribution in [3.05, 3.63) is 35.9 Å². The first-order chi connectivity index (χ1) is 6.66. The minimum Gasteiger partial charge on any atom is -0.330 e. The molecule has 0 aliphatic heterocycles. The molecule has 0 aliphatic rings. The summed E-state index contributed by atoms with van der Waals surface area (Å²) < 4.78 is 0. The Bertz CT molecular complexity index is 292. The third kappa shape index (κ3) is 2.42. The van der Waals surface area contributed by atoms with Crippen LogP contribution < -0.4 is 5.73 Å². The highest BCUT2D eigenvalue weighted by Crippen LogP contribution is 2.15. The number of ketones is 1. The topological polar surface area (TPSA) is 43.1 Å². The van der Waals surface area contributed by atoms with Gasteiger partial charge in [-0.2, -0.15) is 0 Å². The highest BCUT2D eigenvalue weighted by Gasteiger charge is 2.21. The quantitative estimate of drug-likeness (QED) is 0.741. The zero-order valence-corrected chi connectivity index (χ0v) is 8.73. The number of rotatable bonds is 4. The van der Waals surface area contributed by atoms with Crippen molar-refractivity contribution in [1.29, 1.82) is 0 Å². The number of benzene rings is 1. The van der Waals surface area contributed by atoms with Crippen LogP contribution in [0.4, 0.5) is 0 Å². The molecule has 0 bridgehead atoms. The molecule has 1 aromatic rings. The number of carbonyl (C=O) groups is 1. The predicted molar refractivity (Wildman–Crippen MR) is 58.2 cm³/mol. The van der Waals surface area contributed by atoms with Gasteiger partial charge in [-0.05, 0) is 5.92 Å². The molecule has 0 heterocycles. The number of hydrogen-bond acceptors (Lipinski definition) is 2. The Balaban J connectivity index is 2.84. The summed E-state index contributed by atoms with van der Waals surface area (Å²) in [6.07, 6.45) is 0. The standard InChI is InChI=1S/C12H17NO/c1-9(2)11(8-13)12(14)10-6-4-3-5-7-10/h3-7,9,11H,8,13H2,1-2H3. The maximum Gasteiger partial charge on any atom is 0.167 e. The van der Waals surface area contributed by atoms with Gasteiger partial charge in [-0.15, -0.1) is 0 Å². The van der Waals surface area contributed by atoms with E-state index in [1.54, 1.807) is 0 Å².